The molecule has 1 aromatic carbocycles. The van der Waals surface area contributed by atoms with Gasteiger partial charge in [-0.1, -0.05) is 19.6 Å². The number of benzene rings is 1. The standard InChI is InChI=1S/C19H16N6O4.CH4/c1-2-7-19(17(28)29,11-5-3-10(4-6-11)16(26)27)8-12-9-22-15-13(23-12)14(20)24-18(21)25-15;/h1,3-6,9H,7-8H2,(H,26,27)(H,28,29)(H4,20,21,22,24,25);1H4. The molecule has 1 unspecified atom stereocenters. The quantitative estimate of drug-likeness (QED) is 0.437. The van der Waals surface area contributed by atoms with E-state index in [0.29, 0.717) is 11.3 Å². The van der Waals surface area contributed by atoms with Gasteiger partial charge >= 0.3 is 11.9 Å². The Morgan fingerprint density at radius 3 is 2.33 bits per heavy atom. The number of carboxylic acid groups (broad SMARTS) is 2. The number of nitrogens with two attached hydrogens (primary N) is 2. The number of carbonyl (C=O) groups is 2. The number of rotatable bonds is 6. The van der Waals surface area contributed by atoms with E-state index in [2.05, 4.69) is 25.9 Å². The molecule has 10 nitrogen and oxygen atoms in total. The van der Waals surface area contributed by atoms with Crippen molar-refractivity contribution in [3.8, 4) is 12.3 Å². The predicted octanol–water partition coefficient (Wildman–Crippen LogP) is 1.51. The number of nitrogen functional groups attached to an aromatic ring is 2. The van der Waals surface area contributed by atoms with Gasteiger partial charge in [0.25, 0.3) is 0 Å². The summed E-state index contributed by atoms with van der Waals surface area (Å²) in [6.07, 6.45) is 6.57. The molecule has 1 atom stereocenters. The van der Waals surface area contributed by atoms with Gasteiger partial charge in [-0.25, -0.2) is 14.8 Å². The molecule has 0 amide bonds. The fourth-order valence-corrected chi connectivity index (χ4v) is 3.02. The fourth-order valence-electron chi connectivity index (χ4n) is 3.02. The molecule has 154 valence electrons. The lowest BCUT2D eigenvalue weighted by molar-refractivity contribution is -0.143. The monoisotopic (exact) mass is 408 g/mol. The van der Waals surface area contributed by atoms with Crippen molar-refractivity contribution in [2.75, 3.05) is 11.5 Å². The smallest absolute Gasteiger partial charge is 0.335 e. The highest BCUT2D eigenvalue weighted by Gasteiger charge is 2.40. The molecule has 3 rings (SSSR count). The van der Waals surface area contributed by atoms with Gasteiger partial charge in [0.2, 0.25) is 5.95 Å². The summed E-state index contributed by atoms with van der Waals surface area (Å²) in [5.41, 5.74) is 10.9. The van der Waals surface area contributed by atoms with Crippen molar-refractivity contribution in [2.24, 2.45) is 0 Å². The van der Waals surface area contributed by atoms with Gasteiger partial charge in [-0.2, -0.15) is 9.97 Å². The number of nitrogens with zero attached hydrogens (tertiary/aromatic N) is 4. The Morgan fingerprint density at radius 2 is 1.77 bits per heavy atom. The third-order valence-electron chi connectivity index (χ3n) is 4.48. The summed E-state index contributed by atoms with van der Waals surface area (Å²) < 4.78 is 0. The number of aromatic nitrogens is 4. The Kier molecular flexibility index (Phi) is 6.17. The van der Waals surface area contributed by atoms with Crippen molar-refractivity contribution < 1.29 is 19.8 Å². The van der Waals surface area contributed by atoms with Crippen LogP contribution in [0.5, 0.6) is 0 Å². The van der Waals surface area contributed by atoms with Crippen LogP contribution in [0.15, 0.2) is 30.5 Å². The maximum Gasteiger partial charge on any atom is 0.335 e. The molecule has 0 aliphatic carbocycles. The number of fused-ring (bicyclic) bond motifs is 1. The number of carboxylic acids is 2. The van der Waals surface area contributed by atoms with Gasteiger partial charge in [0.15, 0.2) is 17.0 Å². The summed E-state index contributed by atoms with van der Waals surface area (Å²) in [4.78, 5) is 39.6. The molecule has 6 N–H and O–H groups in total. The Morgan fingerprint density at radius 1 is 1.10 bits per heavy atom. The van der Waals surface area contributed by atoms with Gasteiger partial charge in [0.05, 0.1) is 17.5 Å². The van der Waals surface area contributed by atoms with Gasteiger partial charge in [-0.3, -0.25) is 4.79 Å². The van der Waals surface area contributed by atoms with Crippen molar-refractivity contribution in [3.05, 3.63) is 47.3 Å². The number of anilines is 2. The number of hydrogen-bond acceptors (Lipinski definition) is 8. The lowest BCUT2D eigenvalue weighted by Gasteiger charge is -2.28. The van der Waals surface area contributed by atoms with E-state index < -0.39 is 17.4 Å². The molecule has 3 aromatic rings. The van der Waals surface area contributed by atoms with Crippen LogP contribution in [0, 0.1) is 12.3 Å². The first-order valence-electron chi connectivity index (χ1n) is 8.32. The molecule has 0 radical (unpaired) electrons. The summed E-state index contributed by atoms with van der Waals surface area (Å²) >= 11 is 0. The normalized spacial score (nSPS) is 12.4. The zero-order chi connectivity index (χ0) is 21.2. The molecule has 0 aliphatic rings. The lowest BCUT2D eigenvalue weighted by Crippen LogP contribution is -2.38. The molecular formula is C20H20N6O4. The van der Waals surface area contributed by atoms with E-state index in [0.717, 1.165) is 0 Å². The summed E-state index contributed by atoms with van der Waals surface area (Å²) in [5.74, 6) is 0.0574. The number of aromatic carboxylic acids is 1. The Hall–Kier alpha value is -4.26. The molecule has 0 saturated heterocycles. The SMILES string of the molecule is C.C#CCC(Cc1cnc2nc(N)nc(N)c2n1)(C(=O)O)c1ccc(C(=O)O)cc1. The van der Waals surface area contributed by atoms with E-state index >= 15 is 0 Å². The minimum atomic E-state index is -1.54. The van der Waals surface area contributed by atoms with E-state index in [1.807, 2.05) is 0 Å². The van der Waals surface area contributed by atoms with Crippen molar-refractivity contribution in [3.63, 3.8) is 0 Å². The first-order chi connectivity index (χ1) is 13.8. The van der Waals surface area contributed by atoms with Gasteiger partial charge < -0.3 is 21.7 Å². The second-order valence-electron chi connectivity index (χ2n) is 6.33. The van der Waals surface area contributed by atoms with Crippen LogP contribution >= 0.6 is 0 Å². The van der Waals surface area contributed by atoms with Gasteiger partial charge in [-0.15, -0.1) is 12.3 Å². The fraction of sp³-hybridized carbons (Fsp3) is 0.200. The third kappa shape index (κ3) is 3.95. The average molecular weight is 408 g/mol. The predicted molar refractivity (Wildman–Crippen MR) is 111 cm³/mol. The highest BCUT2D eigenvalue weighted by atomic mass is 16.4. The van der Waals surface area contributed by atoms with Crippen LogP contribution in [0.1, 0.15) is 35.5 Å². The maximum absolute atomic E-state index is 12.3. The van der Waals surface area contributed by atoms with E-state index in [1.165, 1.54) is 30.5 Å². The van der Waals surface area contributed by atoms with Crippen LogP contribution in [0.4, 0.5) is 11.8 Å². The number of terminal acetylenes is 1. The summed E-state index contributed by atoms with van der Waals surface area (Å²) in [7, 11) is 0. The second-order valence-corrected chi connectivity index (χ2v) is 6.33. The zero-order valence-corrected chi connectivity index (χ0v) is 15.0. The van der Waals surface area contributed by atoms with Crippen molar-refractivity contribution >= 4 is 34.9 Å². The van der Waals surface area contributed by atoms with Crippen molar-refractivity contribution in [1.29, 1.82) is 0 Å². The van der Waals surface area contributed by atoms with Crippen LogP contribution < -0.4 is 11.5 Å². The lowest BCUT2D eigenvalue weighted by atomic mass is 9.74. The molecule has 10 heteroatoms. The molecule has 0 saturated carbocycles. The van der Waals surface area contributed by atoms with Crippen molar-refractivity contribution in [2.45, 2.75) is 25.7 Å². The van der Waals surface area contributed by atoms with Crippen molar-refractivity contribution in [1.82, 2.24) is 19.9 Å². The molecule has 2 heterocycles. The Labute approximate surface area is 172 Å². The van der Waals surface area contributed by atoms with Crippen LogP contribution in [-0.2, 0) is 16.6 Å². The molecule has 2 aromatic heterocycles. The summed E-state index contributed by atoms with van der Waals surface area (Å²) in [5, 5.41) is 19.1. The van der Waals surface area contributed by atoms with Crippen LogP contribution in [0.2, 0.25) is 0 Å². The number of hydrogen-bond donors (Lipinski definition) is 4. The molecule has 0 fully saturated rings. The minimum Gasteiger partial charge on any atom is -0.481 e. The van der Waals surface area contributed by atoms with Gasteiger partial charge in [0.1, 0.15) is 5.41 Å². The number of aliphatic carboxylic acids is 1. The first kappa shape index (κ1) is 22.0. The van der Waals surface area contributed by atoms with E-state index in [9.17, 15) is 14.7 Å². The summed E-state index contributed by atoms with van der Waals surface area (Å²) in [6, 6.07) is 5.52. The third-order valence-corrected chi connectivity index (χ3v) is 4.48. The highest BCUT2D eigenvalue weighted by Crippen LogP contribution is 2.33. The molecule has 0 spiro atoms. The minimum absolute atomic E-state index is 0. The molecular weight excluding hydrogens is 388 g/mol. The molecule has 0 aliphatic heterocycles. The summed E-state index contributed by atoms with van der Waals surface area (Å²) in [6.45, 7) is 0. The van der Waals surface area contributed by atoms with E-state index in [1.54, 1.807) is 0 Å². The van der Waals surface area contributed by atoms with E-state index in [4.69, 9.17) is 23.0 Å². The first-order valence-corrected chi connectivity index (χ1v) is 8.32. The second kappa shape index (κ2) is 8.40. The van der Waals surface area contributed by atoms with Gasteiger partial charge in [-0.05, 0) is 17.7 Å². The Bertz CT molecular complexity index is 1160. The molecule has 0 bridgehead atoms. The zero-order valence-electron chi connectivity index (χ0n) is 15.0. The van der Waals surface area contributed by atoms with Gasteiger partial charge in [0, 0.05) is 12.8 Å². The van der Waals surface area contributed by atoms with Crippen LogP contribution in [0.25, 0.3) is 11.2 Å². The van der Waals surface area contributed by atoms with E-state index in [-0.39, 0.29) is 48.8 Å². The molecule has 30 heavy (non-hydrogen) atoms. The van der Waals surface area contributed by atoms with Crippen LogP contribution in [-0.4, -0.2) is 42.1 Å². The largest absolute Gasteiger partial charge is 0.481 e. The average Bonchev–Trinajstić information content (AvgIpc) is 2.68. The topological polar surface area (TPSA) is 178 Å². The maximum atomic E-state index is 12.3. The Balaban J connectivity index is 0.00000320. The highest BCUT2D eigenvalue weighted by molar-refractivity contribution is 5.88. The van der Waals surface area contributed by atoms with Crippen LogP contribution in [0.3, 0.4) is 0 Å².